The van der Waals surface area contributed by atoms with Crippen LogP contribution in [0.15, 0.2) is 21.4 Å². The van der Waals surface area contributed by atoms with Crippen LogP contribution >= 0.6 is 23.7 Å². The van der Waals surface area contributed by atoms with Gasteiger partial charge in [-0.25, -0.2) is 9.29 Å². The fraction of sp³-hybridized carbons (Fsp3) is 0.556. The quantitative estimate of drug-likeness (QED) is 0.616. The molecule has 1 aromatic heterocycles. The number of hydrogen-bond acceptors (Lipinski definition) is 7. The highest BCUT2D eigenvalue weighted by molar-refractivity contribution is 8.11. The van der Waals surface area contributed by atoms with E-state index in [-0.39, 0.29) is 10.7 Å². The van der Waals surface area contributed by atoms with Gasteiger partial charge in [0.05, 0.1) is 5.69 Å². The first-order valence-electron chi connectivity index (χ1n) is 8.68. The second-order valence-electron chi connectivity index (χ2n) is 7.53. The van der Waals surface area contributed by atoms with Crippen LogP contribution in [0.2, 0.25) is 0 Å². The van der Waals surface area contributed by atoms with Crippen molar-refractivity contribution in [3.8, 4) is 0 Å². The molecule has 0 saturated carbocycles. The molecule has 1 aromatic carbocycles. The van der Waals surface area contributed by atoms with Crippen LogP contribution in [0.4, 0.5) is 10.5 Å². The number of rotatable bonds is 3. The third kappa shape index (κ3) is 4.54. The van der Waals surface area contributed by atoms with Gasteiger partial charge >= 0.3 is 0 Å². The molecule has 26 heavy (non-hydrogen) atoms. The molecular formula is C18H26N4O2S2. The maximum Gasteiger partial charge on any atom is 0.298 e. The van der Waals surface area contributed by atoms with Gasteiger partial charge in [0.25, 0.3) is 5.24 Å². The molecule has 2 heterocycles. The number of piperazine rings is 1. The molecule has 8 heteroatoms. The lowest BCUT2D eigenvalue weighted by Gasteiger charge is -2.30. The highest BCUT2D eigenvalue weighted by Gasteiger charge is 2.23. The standard InChI is InChI=1S/C18H26N4O2S2/c1-18(2,3)16-19-12-11-15(25-5)13(10-14(12)24-16)20-17(23)26-22-8-6-21(4)7-9-22/h10-11H,6-9H2,1-5H3,(H,20,23). The monoisotopic (exact) mass is 394 g/mol. The number of carbonyl (C=O) groups is 1. The highest BCUT2D eigenvalue weighted by atomic mass is 32.2. The van der Waals surface area contributed by atoms with E-state index in [0.29, 0.717) is 11.5 Å². The first-order chi connectivity index (χ1) is 12.3. The fourth-order valence-corrected chi connectivity index (χ4v) is 3.97. The zero-order valence-corrected chi connectivity index (χ0v) is 17.6. The van der Waals surface area contributed by atoms with Gasteiger partial charge in [0.1, 0.15) is 5.52 Å². The number of likely N-dealkylation sites (N-methyl/N-ethyl adjacent to an activating group) is 1. The van der Waals surface area contributed by atoms with Crippen molar-refractivity contribution in [1.29, 1.82) is 0 Å². The SMILES string of the molecule is CSc1cc2nc(C(C)(C)C)oc2cc1NC(=O)SN1CCN(C)CC1. The molecule has 142 valence electrons. The predicted molar refractivity (Wildman–Crippen MR) is 110 cm³/mol. The van der Waals surface area contributed by atoms with E-state index in [1.54, 1.807) is 11.8 Å². The number of oxazole rings is 1. The Morgan fingerprint density at radius 3 is 2.54 bits per heavy atom. The lowest BCUT2D eigenvalue weighted by molar-refractivity contribution is 0.232. The van der Waals surface area contributed by atoms with Crippen molar-refractivity contribution in [2.24, 2.45) is 0 Å². The third-order valence-corrected chi connectivity index (χ3v) is 5.93. The van der Waals surface area contributed by atoms with E-state index < -0.39 is 0 Å². The number of thioether (sulfide) groups is 1. The first-order valence-corrected chi connectivity index (χ1v) is 10.7. The van der Waals surface area contributed by atoms with Crippen LogP contribution in [0.1, 0.15) is 26.7 Å². The summed E-state index contributed by atoms with van der Waals surface area (Å²) in [5, 5.41) is 2.95. The van der Waals surface area contributed by atoms with Gasteiger partial charge < -0.3 is 14.6 Å². The predicted octanol–water partition coefficient (Wildman–Crippen LogP) is 4.27. The van der Waals surface area contributed by atoms with Crippen LogP contribution in [-0.2, 0) is 5.41 Å². The Bertz CT molecular complexity index is 792. The van der Waals surface area contributed by atoms with Crippen molar-refractivity contribution in [3.05, 3.63) is 18.0 Å². The van der Waals surface area contributed by atoms with E-state index in [1.165, 1.54) is 11.9 Å². The Labute approximate surface area is 163 Å². The van der Waals surface area contributed by atoms with Crippen molar-refractivity contribution in [2.45, 2.75) is 31.1 Å². The molecular weight excluding hydrogens is 368 g/mol. The van der Waals surface area contributed by atoms with Crippen LogP contribution in [0, 0.1) is 0 Å². The number of nitrogens with one attached hydrogen (secondary N) is 1. The molecule has 3 rings (SSSR count). The minimum Gasteiger partial charge on any atom is -0.440 e. The third-order valence-electron chi connectivity index (χ3n) is 4.26. The van der Waals surface area contributed by atoms with E-state index in [4.69, 9.17) is 4.42 Å². The van der Waals surface area contributed by atoms with Crippen LogP contribution < -0.4 is 5.32 Å². The van der Waals surface area contributed by atoms with Gasteiger partial charge in [0.15, 0.2) is 5.58 Å². The van der Waals surface area contributed by atoms with E-state index in [0.717, 1.165) is 42.3 Å². The topological polar surface area (TPSA) is 61.6 Å². The number of nitrogens with zero attached hydrogens (tertiary/aromatic N) is 3. The summed E-state index contributed by atoms with van der Waals surface area (Å²) in [6, 6.07) is 3.86. The van der Waals surface area contributed by atoms with Crippen molar-refractivity contribution >= 4 is 45.7 Å². The number of carbonyl (C=O) groups excluding carboxylic acids is 1. The maximum absolute atomic E-state index is 12.5. The van der Waals surface area contributed by atoms with Gasteiger partial charge in [-0.2, -0.15) is 0 Å². The van der Waals surface area contributed by atoms with Crippen LogP contribution in [0.3, 0.4) is 0 Å². The normalized spacial score (nSPS) is 17.0. The summed E-state index contributed by atoms with van der Waals surface area (Å²) in [4.78, 5) is 20.3. The molecule has 2 aromatic rings. The molecule has 1 fully saturated rings. The average Bonchev–Trinajstić information content (AvgIpc) is 2.99. The Morgan fingerprint density at radius 2 is 1.92 bits per heavy atom. The summed E-state index contributed by atoms with van der Waals surface area (Å²) < 4.78 is 8.03. The van der Waals surface area contributed by atoms with E-state index in [2.05, 4.69) is 47.3 Å². The molecule has 1 N–H and O–H groups in total. The summed E-state index contributed by atoms with van der Waals surface area (Å²) in [5.74, 6) is 0.704. The molecule has 0 radical (unpaired) electrons. The lowest BCUT2D eigenvalue weighted by atomic mass is 9.97. The molecule has 0 bridgehead atoms. The number of amides is 1. The summed E-state index contributed by atoms with van der Waals surface area (Å²) in [6.45, 7) is 9.96. The van der Waals surface area contributed by atoms with Gasteiger partial charge in [-0.05, 0) is 19.4 Å². The average molecular weight is 395 g/mol. The number of benzene rings is 1. The van der Waals surface area contributed by atoms with Crippen molar-refractivity contribution in [2.75, 3.05) is 44.8 Å². The van der Waals surface area contributed by atoms with Crippen LogP contribution in [0.5, 0.6) is 0 Å². The molecule has 0 spiro atoms. The summed E-state index contributed by atoms with van der Waals surface area (Å²) in [6.07, 6.45) is 2.00. The second-order valence-corrected chi connectivity index (χ2v) is 9.44. The number of aromatic nitrogens is 1. The Kier molecular flexibility index (Phi) is 5.86. The largest absolute Gasteiger partial charge is 0.440 e. The second kappa shape index (κ2) is 7.80. The molecule has 0 unspecified atom stereocenters. The molecule has 6 nitrogen and oxygen atoms in total. The molecule has 0 aliphatic carbocycles. The molecule has 1 aliphatic rings. The molecule has 1 aliphatic heterocycles. The van der Waals surface area contributed by atoms with E-state index >= 15 is 0 Å². The Morgan fingerprint density at radius 1 is 1.23 bits per heavy atom. The number of fused-ring (bicyclic) bond motifs is 1. The molecule has 0 atom stereocenters. The number of anilines is 1. The summed E-state index contributed by atoms with van der Waals surface area (Å²) in [5.41, 5.74) is 2.14. The summed E-state index contributed by atoms with van der Waals surface area (Å²) >= 11 is 2.84. The van der Waals surface area contributed by atoms with Gasteiger partial charge in [-0.3, -0.25) is 4.79 Å². The van der Waals surface area contributed by atoms with Crippen molar-refractivity contribution in [3.63, 3.8) is 0 Å². The summed E-state index contributed by atoms with van der Waals surface area (Å²) in [7, 11) is 2.10. The van der Waals surface area contributed by atoms with Crippen LogP contribution in [0.25, 0.3) is 11.1 Å². The van der Waals surface area contributed by atoms with E-state index in [9.17, 15) is 4.79 Å². The van der Waals surface area contributed by atoms with Crippen molar-refractivity contribution < 1.29 is 9.21 Å². The maximum atomic E-state index is 12.5. The van der Waals surface area contributed by atoms with Crippen molar-refractivity contribution in [1.82, 2.24) is 14.2 Å². The fourth-order valence-electron chi connectivity index (χ4n) is 2.67. The van der Waals surface area contributed by atoms with Crippen LogP contribution in [-0.4, -0.2) is 58.9 Å². The minimum atomic E-state index is -0.154. The van der Waals surface area contributed by atoms with Gasteiger partial charge in [0.2, 0.25) is 5.89 Å². The van der Waals surface area contributed by atoms with Gasteiger partial charge in [-0.1, -0.05) is 20.8 Å². The zero-order valence-electron chi connectivity index (χ0n) is 16.0. The molecule has 1 saturated heterocycles. The smallest absolute Gasteiger partial charge is 0.298 e. The lowest BCUT2D eigenvalue weighted by Crippen LogP contribution is -2.41. The van der Waals surface area contributed by atoms with Gasteiger partial charge in [-0.15, -0.1) is 11.8 Å². The zero-order chi connectivity index (χ0) is 18.9. The Hall–Kier alpha value is -1.22. The first kappa shape index (κ1) is 19.5. The van der Waals surface area contributed by atoms with Gasteiger partial charge in [0, 0.05) is 54.5 Å². The Balaban J connectivity index is 1.76. The van der Waals surface area contributed by atoms with E-state index in [1.807, 2.05) is 18.4 Å². The highest BCUT2D eigenvalue weighted by Crippen LogP contribution is 2.34. The molecule has 1 amide bonds. The number of hydrogen-bond donors (Lipinski definition) is 1. The minimum absolute atomic E-state index is 0.0697.